The third-order valence-corrected chi connectivity index (χ3v) is 4.52. The van der Waals surface area contributed by atoms with Crippen LogP contribution in [-0.4, -0.2) is 16.8 Å². The van der Waals surface area contributed by atoms with Gasteiger partial charge in [0.2, 0.25) is 0 Å². The van der Waals surface area contributed by atoms with Crippen LogP contribution in [0.25, 0.3) is 0 Å². The molecule has 0 aliphatic rings. The molecule has 0 saturated heterocycles. The summed E-state index contributed by atoms with van der Waals surface area (Å²) in [5.74, 6) is -1.35. The maximum absolute atomic E-state index is 12.1. The predicted molar refractivity (Wildman–Crippen MR) is 97.2 cm³/mol. The monoisotopic (exact) mass is 345 g/mol. The number of hydrogen-bond acceptors (Lipinski definition) is 4. The molecule has 2 aromatic rings. The third-order valence-electron chi connectivity index (χ3n) is 3.49. The SMILES string of the molecule is Cc1cccc(NC(=O)C(=O)NC(C)c2nc(C(C)(C)C)cs2)c1. The summed E-state index contributed by atoms with van der Waals surface area (Å²) in [7, 11) is 0. The van der Waals surface area contributed by atoms with Gasteiger partial charge in [0.25, 0.3) is 0 Å². The summed E-state index contributed by atoms with van der Waals surface area (Å²) in [5, 5.41) is 8.07. The van der Waals surface area contributed by atoms with Crippen LogP contribution in [0.15, 0.2) is 29.6 Å². The van der Waals surface area contributed by atoms with Gasteiger partial charge in [0.1, 0.15) is 5.01 Å². The van der Waals surface area contributed by atoms with Gasteiger partial charge in [-0.2, -0.15) is 0 Å². The molecule has 1 unspecified atom stereocenters. The van der Waals surface area contributed by atoms with E-state index in [9.17, 15) is 9.59 Å². The molecular weight excluding hydrogens is 322 g/mol. The number of rotatable bonds is 3. The topological polar surface area (TPSA) is 71.1 Å². The number of aromatic nitrogens is 1. The number of carbonyl (C=O) groups is 2. The summed E-state index contributed by atoms with van der Waals surface area (Å²) in [6.07, 6.45) is 0. The molecule has 0 fully saturated rings. The van der Waals surface area contributed by atoms with Gasteiger partial charge in [-0.3, -0.25) is 9.59 Å². The smallest absolute Gasteiger partial charge is 0.313 e. The Balaban J connectivity index is 1.98. The van der Waals surface area contributed by atoms with Gasteiger partial charge in [-0.15, -0.1) is 11.3 Å². The van der Waals surface area contributed by atoms with Crippen molar-refractivity contribution in [1.29, 1.82) is 0 Å². The summed E-state index contributed by atoms with van der Waals surface area (Å²) >= 11 is 1.49. The fourth-order valence-electron chi connectivity index (χ4n) is 2.07. The molecule has 0 radical (unpaired) electrons. The number of amides is 2. The van der Waals surface area contributed by atoms with Crippen molar-refractivity contribution in [3.8, 4) is 0 Å². The van der Waals surface area contributed by atoms with E-state index < -0.39 is 11.8 Å². The molecule has 0 spiro atoms. The molecule has 0 bridgehead atoms. The predicted octanol–water partition coefficient (Wildman–Crippen LogP) is 3.56. The molecule has 0 aliphatic carbocycles. The maximum Gasteiger partial charge on any atom is 0.313 e. The minimum absolute atomic E-state index is 0.0407. The molecule has 1 aromatic carbocycles. The standard InChI is InChI=1S/C18H23N3O2S/c1-11-7-6-8-13(9-11)20-16(23)15(22)19-12(2)17-21-14(10-24-17)18(3,4)5/h6-10,12H,1-5H3,(H,19,22)(H,20,23). The highest BCUT2D eigenvalue weighted by atomic mass is 32.1. The van der Waals surface area contributed by atoms with Crippen LogP contribution in [-0.2, 0) is 15.0 Å². The van der Waals surface area contributed by atoms with E-state index in [1.54, 1.807) is 6.07 Å². The van der Waals surface area contributed by atoms with Gasteiger partial charge in [-0.05, 0) is 31.5 Å². The average molecular weight is 345 g/mol. The number of hydrogen-bond donors (Lipinski definition) is 2. The van der Waals surface area contributed by atoms with E-state index in [2.05, 4.69) is 36.4 Å². The maximum atomic E-state index is 12.1. The molecule has 0 saturated carbocycles. The van der Waals surface area contributed by atoms with E-state index >= 15 is 0 Å². The molecule has 128 valence electrons. The normalized spacial score (nSPS) is 12.5. The highest BCUT2D eigenvalue weighted by Crippen LogP contribution is 2.26. The Morgan fingerprint density at radius 1 is 1.21 bits per heavy atom. The van der Waals surface area contributed by atoms with Crippen LogP contribution < -0.4 is 10.6 Å². The van der Waals surface area contributed by atoms with Crippen LogP contribution >= 0.6 is 11.3 Å². The highest BCUT2D eigenvalue weighted by molar-refractivity contribution is 7.09. The fourth-order valence-corrected chi connectivity index (χ4v) is 3.12. The van der Waals surface area contributed by atoms with E-state index in [4.69, 9.17) is 0 Å². The van der Waals surface area contributed by atoms with Crippen molar-refractivity contribution in [2.75, 3.05) is 5.32 Å². The van der Waals surface area contributed by atoms with Crippen molar-refractivity contribution >= 4 is 28.8 Å². The van der Waals surface area contributed by atoms with Crippen LogP contribution in [0.1, 0.15) is 50.0 Å². The summed E-state index contributed by atoms with van der Waals surface area (Å²) in [6.45, 7) is 10.0. The van der Waals surface area contributed by atoms with Crippen LogP contribution in [0.5, 0.6) is 0 Å². The molecule has 1 aromatic heterocycles. The van der Waals surface area contributed by atoms with Gasteiger partial charge in [-0.25, -0.2) is 4.98 Å². The van der Waals surface area contributed by atoms with Gasteiger partial charge in [0.05, 0.1) is 11.7 Å². The lowest BCUT2D eigenvalue weighted by Gasteiger charge is -2.15. The molecule has 2 N–H and O–H groups in total. The summed E-state index contributed by atoms with van der Waals surface area (Å²) in [6, 6.07) is 6.99. The van der Waals surface area contributed by atoms with Crippen LogP contribution in [0.3, 0.4) is 0 Å². The second kappa shape index (κ2) is 7.13. The minimum Gasteiger partial charge on any atom is -0.339 e. The molecular formula is C18H23N3O2S. The second-order valence-corrected chi connectivity index (χ2v) is 7.73. The number of benzene rings is 1. The molecule has 24 heavy (non-hydrogen) atoms. The van der Waals surface area contributed by atoms with Crippen molar-refractivity contribution < 1.29 is 9.59 Å². The van der Waals surface area contributed by atoms with Gasteiger partial charge in [0.15, 0.2) is 0 Å². The first-order valence-electron chi connectivity index (χ1n) is 7.81. The number of nitrogens with zero attached hydrogens (tertiary/aromatic N) is 1. The van der Waals surface area contributed by atoms with Gasteiger partial charge >= 0.3 is 11.8 Å². The highest BCUT2D eigenvalue weighted by Gasteiger charge is 2.22. The Morgan fingerprint density at radius 3 is 2.50 bits per heavy atom. The van der Waals surface area contributed by atoms with Gasteiger partial charge < -0.3 is 10.6 Å². The van der Waals surface area contributed by atoms with Crippen molar-refractivity contribution in [1.82, 2.24) is 10.3 Å². The van der Waals surface area contributed by atoms with E-state index in [1.165, 1.54) is 11.3 Å². The summed E-state index contributed by atoms with van der Waals surface area (Å²) in [4.78, 5) is 28.6. The number of anilines is 1. The van der Waals surface area contributed by atoms with Crippen molar-refractivity contribution in [3.63, 3.8) is 0 Å². The lowest BCUT2D eigenvalue weighted by molar-refractivity contribution is -0.136. The first kappa shape index (κ1) is 18.1. The van der Waals surface area contributed by atoms with Crippen molar-refractivity contribution in [3.05, 3.63) is 45.9 Å². The summed E-state index contributed by atoms with van der Waals surface area (Å²) < 4.78 is 0. The minimum atomic E-state index is -0.681. The molecule has 2 amide bonds. The summed E-state index contributed by atoms with van der Waals surface area (Å²) in [5.41, 5.74) is 2.56. The Labute approximate surface area is 146 Å². The van der Waals surface area contributed by atoms with Crippen molar-refractivity contribution in [2.45, 2.75) is 46.1 Å². The van der Waals surface area contributed by atoms with Gasteiger partial charge in [0, 0.05) is 16.5 Å². The van der Waals surface area contributed by atoms with E-state index in [1.807, 2.05) is 37.4 Å². The third kappa shape index (κ3) is 4.64. The largest absolute Gasteiger partial charge is 0.339 e. The molecule has 1 atom stereocenters. The Morgan fingerprint density at radius 2 is 1.92 bits per heavy atom. The number of carbonyl (C=O) groups excluding carboxylic acids is 2. The molecule has 2 rings (SSSR count). The molecule has 1 heterocycles. The number of aryl methyl sites for hydroxylation is 1. The average Bonchev–Trinajstić information content (AvgIpc) is 2.97. The van der Waals surface area contributed by atoms with E-state index in [0.717, 1.165) is 16.3 Å². The van der Waals surface area contributed by atoms with E-state index in [0.29, 0.717) is 5.69 Å². The Bertz CT molecular complexity index is 747. The zero-order valence-electron chi connectivity index (χ0n) is 14.6. The zero-order valence-corrected chi connectivity index (χ0v) is 15.5. The number of nitrogens with one attached hydrogen (secondary N) is 2. The van der Waals surface area contributed by atoms with Gasteiger partial charge in [-0.1, -0.05) is 32.9 Å². The fraction of sp³-hybridized carbons (Fsp3) is 0.389. The number of thiazole rings is 1. The molecule has 5 nitrogen and oxygen atoms in total. The quantitative estimate of drug-likeness (QED) is 0.836. The van der Waals surface area contributed by atoms with Crippen molar-refractivity contribution in [2.24, 2.45) is 0 Å². The molecule has 0 aliphatic heterocycles. The molecule has 6 heteroatoms. The first-order chi connectivity index (χ1) is 11.2. The Kier molecular flexibility index (Phi) is 5.39. The first-order valence-corrected chi connectivity index (χ1v) is 8.69. The zero-order chi connectivity index (χ0) is 17.9. The van der Waals surface area contributed by atoms with Crippen LogP contribution in [0.4, 0.5) is 5.69 Å². The van der Waals surface area contributed by atoms with E-state index in [-0.39, 0.29) is 11.5 Å². The lowest BCUT2D eigenvalue weighted by atomic mass is 9.93. The van der Waals surface area contributed by atoms with Crippen LogP contribution in [0.2, 0.25) is 0 Å². The Hall–Kier alpha value is -2.21. The lowest BCUT2D eigenvalue weighted by Crippen LogP contribution is -2.36. The second-order valence-electron chi connectivity index (χ2n) is 6.84. The van der Waals surface area contributed by atoms with Crippen LogP contribution in [0, 0.1) is 6.92 Å².